The van der Waals surface area contributed by atoms with Gasteiger partial charge in [-0.25, -0.2) is 4.98 Å². The Morgan fingerprint density at radius 1 is 1.40 bits per heavy atom. The number of nitrogens with one attached hydrogen (secondary N) is 2. The summed E-state index contributed by atoms with van der Waals surface area (Å²) in [5.74, 6) is 1.21. The molecule has 2 aromatic heterocycles. The van der Waals surface area contributed by atoms with Crippen LogP contribution in [0.4, 0.5) is 0 Å². The molecule has 2 heterocycles. The highest BCUT2D eigenvalue weighted by Crippen LogP contribution is 2.19. The first-order valence-electron chi connectivity index (χ1n) is 7.84. The van der Waals surface area contributed by atoms with Gasteiger partial charge >= 0.3 is 0 Å². The first-order chi connectivity index (χ1) is 11.6. The zero-order valence-electron chi connectivity index (χ0n) is 14.6. The van der Waals surface area contributed by atoms with Crippen LogP contribution >= 0.6 is 46.9 Å². The van der Waals surface area contributed by atoms with Crippen LogP contribution in [0.25, 0.3) is 0 Å². The Morgan fingerprint density at radius 3 is 2.84 bits per heavy atom. The maximum atomic E-state index is 6.00. The maximum absolute atomic E-state index is 6.00. The summed E-state index contributed by atoms with van der Waals surface area (Å²) < 4.78 is 5.55. The molecule has 0 amide bonds. The maximum Gasteiger partial charge on any atom is 0.232 e. The van der Waals surface area contributed by atoms with E-state index in [0.717, 1.165) is 12.4 Å². The van der Waals surface area contributed by atoms with E-state index in [1.807, 2.05) is 11.3 Å². The van der Waals surface area contributed by atoms with Gasteiger partial charge in [0.25, 0.3) is 0 Å². The Hall–Kier alpha value is -1.06. The molecule has 2 N–H and O–H groups in total. The van der Waals surface area contributed by atoms with E-state index in [1.54, 1.807) is 25.4 Å². The molecule has 2 aromatic rings. The molecule has 0 fully saturated rings. The lowest BCUT2D eigenvalue weighted by Crippen LogP contribution is -2.44. The average molecular weight is 495 g/mol. The minimum absolute atomic E-state index is 0. The van der Waals surface area contributed by atoms with Gasteiger partial charge < -0.3 is 15.4 Å². The summed E-state index contributed by atoms with van der Waals surface area (Å²) in [7, 11) is 1.76. The second-order valence-electron chi connectivity index (χ2n) is 5.40. The lowest BCUT2D eigenvalue weighted by atomic mass is 10.2. The number of aromatic nitrogens is 1. The summed E-state index contributed by atoms with van der Waals surface area (Å²) in [5.41, 5.74) is 0. The van der Waals surface area contributed by atoms with Crippen LogP contribution in [-0.4, -0.2) is 37.2 Å². The van der Waals surface area contributed by atoms with Crippen molar-refractivity contribution in [2.45, 2.75) is 26.3 Å². The molecular formula is C17H24ClIN4OS. The number of aliphatic imine (C=N–C) groups is 1. The first kappa shape index (κ1) is 22.0. The van der Waals surface area contributed by atoms with Crippen molar-refractivity contribution >= 4 is 52.9 Å². The van der Waals surface area contributed by atoms with E-state index in [9.17, 15) is 0 Å². The van der Waals surface area contributed by atoms with Gasteiger partial charge in [-0.15, -0.1) is 35.3 Å². The van der Waals surface area contributed by atoms with Crippen molar-refractivity contribution in [1.82, 2.24) is 15.6 Å². The second kappa shape index (κ2) is 11.5. The number of aryl methyl sites for hydroxylation is 1. The van der Waals surface area contributed by atoms with Crippen molar-refractivity contribution in [3.05, 3.63) is 45.2 Å². The van der Waals surface area contributed by atoms with E-state index in [-0.39, 0.29) is 24.0 Å². The van der Waals surface area contributed by atoms with Crippen molar-refractivity contribution in [2.75, 3.05) is 20.2 Å². The van der Waals surface area contributed by atoms with E-state index in [1.165, 1.54) is 9.75 Å². The highest BCUT2D eigenvalue weighted by Gasteiger charge is 2.08. The van der Waals surface area contributed by atoms with Gasteiger partial charge in [-0.3, -0.25) is 4.99 Å². The average Bonchev–Trinajstić information content (AvgIpc) is 2.96. The summed E-state index contributed by atoms with van der Waals surface area (Å²) in [5, 5.41) is 7.12. The summed E-state index contributed by atoms with van der Waals surface area (Å²) in [4.78, 5) is 11.0. The summed E-state index contributed by atoms with van der Waals surface area (Å²) in [6, 6.07) is 8.15. The van der Waals surface area contributed by atoms with Crippen molar-refractivity contribution in [2.24, 2.45) is 4.99 Å². The monoisotopic (exact) mass is 494 g/mol. The molecule has 8 heteroatoms. The number of pyridine rings is 1. The van der Waals surface area contributed by atoms with Crippen LogP contribution in [0.15, 0.2) is 35.5 Å². The van der Waals surface area contributed by atoms with E-state index in [0.29, 0.717) is 30.1 Å². The summed E-state index contributed by atoms with van der Waals surface area (Å²) in [6.07, 6.45) is 2.63. The SMILES string of the molecule is CN=C(NCCOc1ncccc1Cl)NC(C)Cc1ccc(C)s1.I. The van der Waals surface area contributed by atoms with E-state index >= 15 is 0 Å². The van der Waals surface area contributed by atoms with Gasteiger partial charge in [-0.2, -0.15) is 0 Å². The van der Waals surface area contributed by atoms with E-state index < -0.39 is 0 Å². The van der Waals surface area contributed by atoms with Gasteiger partial charge in [0.2, 0.25) is 5.88 Å². The smallest absolute Gasteiger partial charge is 0.232 e. The van der Waals surface area contributed by atoms with Crippen LogP contribution in [0.2, 0.25) is 5.02 Å². The molecule has 1 unspecified atom stereocenters. The molecule has 1 atom stereocenters. The molecule has 0 radical (unpaired) electrons. The Bertz CT molecular complexity index is 680. The lowest BCUT2D eigenvalue weighted by Gasteiger charge is -2.17. The molecule has 138 valence electrons. The molecule has 0 bridgehead atoms. The van der Waals surface area contributed by atoms with Crippen molar-refractivity contribution in [3.63, 3.8) is 0 Å². The minimum atomic E-state index is 0. The zero-order valence-corrected chi connectivity index (χ0v) is 18.5. The largest absolute Gasteiger partial charge is 0.475 e. The summed E-state index contributed by atoms with van der Waals surface area (Å²) >= 11 is 7.83. The fourth-order valence-corrected chi connectivity index (χ4v) is 3.37. The lowest BCUT2D eigenvalue weighted by molar-refractivity contribution is 0.310. The van der Waals surface area contributed by atoms with Crippen molar-refractivity contribution < 1.29 is 4.74 Å². The Labute approximate surface area is 175 Å². The summed E-state index contributed by atoms with van der Waals surface area (Å²) in [6.45, 7) is 5.33. The number of nitrogens with zero attached hydrogens (tertiary/aromatic N) is 2. The van der Waals surface area contributed by atoms with Crippen molar-refractivity contribution in [1.29, 1.82) is 0 Å². The van der Waals surface area contributed by atoms with E-state index in [2.05, 4.69) is 46.6 Å². The molecule has 25 heavy (non-hydrogen) atoms. The van der Waals surface area contributed by atoms with Crippen LogP contribution in [-0.2, 0) is 6.42 Å². The van der Waals surface area contributed by atoms with Gasteiger partial charge in [0.1, 0.15) is 11.6 Å². The highest BCUT2D eigenvalue weighted by atomic mass is 127. The molecule has 0 saturated heterocycles. The molecule has 0 aromatic carbocycles. The zero-order chi connectivity index (χ0) is 17.4. The molecule has 0 aliphatic carbocycles. The molecule has 0 saturated carbocycles. The third kappa shape index (κ3) is 7.79. The number of halogens is 2. The first-order valence-corrected chi connectivity index (χ1v) is 9.03. The van der Waals surface area contributed by atoms with Gasteiger partial charge in [-0.05, 0) is 38.1 Å². The Kier molecular flexibility index (Phi) is 10.1. The second-order valence-corrected chi connectivity index (χ2v) is 7.18. The van der Waals surface area contributed by atoms with Crippen LogP contribution in [0.3, 0.4) is 0 Å². The number of guanidine groups is 1. The number of rotatable bonds is 7. The van der Waals surface area contributed by atoms with Crippen LogP contribution in [0.1, 0.15) is 16.7 Å². The number of ether oxygens (including phenoxy) is 1. The standard InChI is InChI=1S/C17H23ClN4OS.HI/c1-12(11-14-7-6-13(2)24-14)22-17(19-3)21-9-10-23-16-15(18)5-4-8-20-16;/h4-8,12H,9-11H2,1-3H3,(H2,19,21,22);1H. The van der Waals surface area contributed by atoms with Gasteiger partial charge in [0.05, 0.1) is 6.54 Å². The molecule has 0 aliphatic heterocycles. The number of thiophene rings is 1. The van der Waals surface area contributed by atoms with Gasteiger partial charge in [-0.1, -0.05) is 11.6 Å². The third-order valence-corrected chi connectivity index (χ3v) is 4.58. The van der Waals surface area contributed by atoms with Gasteiger partial charge in [0.15, 0.2) is 5.96 Å². The fourth-order valence-electron chi connectivity index (χ4n) is 2.17. The fraction of sp³-hybridized carbons (Fsp3) is 0.412. The van der Waals surface area contributed by atoms with Crippen LogP contribution < -0.4 is 15.4 Å². The number of hydrogen-bond acceptors (Lipinski definition) is 4. The minimum Gasteiger partial charge on any atom is -0.475 e. The Morgan fingerprint density at radius 2 is 2.20 bits per heavy atom. The predicted molar refractivity (Wildman–Crippen MR) is 117 cm³/mol. The predicted octanol–water partition coefficient (Wildman–Crippen LogP) is 3.90. The molecule has 0 spiro atoms. The van der Waals surface area contributed by atoms with Crippen LogP contribution in [0.5, 0.6) is 5.88 Å². The molecule has 5 nitrogen and oxygen atoms in total. The quantitative estimate of drug-likeness (QED) is 0.265. The topological polar surface area (TPSA) is 58.5 Å². The van der Waals surface area contributed by atoms with Gasteiger partial charge in [0, 0.05) is 35.5 Å². The molecule has 0 aliphatic rings. The van der Waals surface area contributed by atoms with Crippen LogP contribution in [0, 0.1) is 6.92 Å². The van der Waals surface area contributed by atoms with E-state index in [4.69, 9.17) is 16.3 Å². The Balaban J connectivity index is 0.00000312. The molecular weight excluding hydrogens is 471 g/mol. The number of hydrogen-bond donors (Lipinski definition) is 2. The van der Waals surface area contributed by atoms with Crippen molar-refractivity contribution in [3.8, 4) is 5.88 Å². The molecule has 2 rings (SSSR count). The third-order valence-electron chi connectivity index (χ3n) is 3.27. The highest BCUT2D eigenvalue weighted by molar-refractivity contribution is 14.0. The normalized spacial score (nSPS) is 12.2.